The molecule has 0 aliphatic carbocycles. The number of benzene rings is 1. The van der Waals surface area contributed by atoms with Crippen molar-refractivity contribution in [2.45, 2.75) is 0 Å². The van der Waals surface area contributed by atoms with Crippen LogP contribution in [0.5, 0.6) is 0 Å². The van der Waals surface area contributed by atoms with E-state index in [2.05, 4.69) is 10.3 Å². The van der Waals surface area contributed by atoms with Gasteiger partial charge in [-0.15, -0.1) is 22.7 Å². The number of nitro benzene ring substituents is 1. The summed E-state index contributed by atoms with van der Waals surface area (Å²) >= 11 is 2.74. The Kier molecular flexibility index (Phi) is 5.52. The molecule has 0 spiro atoms. The number of nitro groups is 1. The van der Waals surface area contributed by atoms with Crippen molar-refractivity contribution in [1.29, 1.82) is 0 Å². The van der Waals surface area contributed by atoms with E-state index >= 15 is 0 Å². The first kappa shape index (κ1) is 18.6. The molecule has 11 heteroatoms. The number of hydrogen-bond donors (Lipinski definition) is 1. The summed E-state index contributed by atoms with van der Waals surface area (Å²) in [5, 5.41) is 16.9. The van der Waals surface area contributed by atoms with Gasteiger partial charge in [0.15, 0.2) is 12.3 Å². The summed E-state index contributed by atoms with van der Waals surface area (Å²) in [4.78, 5) is 38.8. The summed E-state index contributed by atoms with van der Waals surface area (Å²) < 4.78 is 18.5. The molecule has 138 valence electrons. The standard InChI is InChI=1S/C16H10FN3O5S2/c17-10-4-3-9(20(23)24)6-11(10)18-14(21)7-25-16(22)12-8-27-15(19-12)13-2-1-5-26-13/h1-6,8H,7H2,(H,18,21). The predicted octanol–water partition coefficient (Wildman–Crippen LogP) is 3.71. The van der Waals surface area contributed by atoms with E-state index in [0.29, 0.717) is 5.01 Å². The Labute approximate surface area is 159 Å². The third-order valence-corrected chi connectivity index (χ3v) is 5.10. The van der Waals surface area contributed by atoms with Gasteiger partial charge in [0.1, 0.15) is 10.8 Å². The second-order valence-electron chi connectivity index (χ2n) is 5.06. The summed E-state index contributed by atoms with van der Waals surface area (Å²) in [6.07, 6.45) is 0. The van der Waals surface area contributed by atoms with E-state index in [1.54, 1.807) is 0 Å². The van der Waals surface area contributed by atoms with Crippen LogP contribution in [0.3, 0.4) is 0 Å². The lowest BCUT2D eigenvalue weighted by molar-refractivity contribution is -0.384. The topological polar surface area (TPSA) is 111 Å². The molecule has 0 bridgehead atoms. The number of ether oxygens (including phenoxy) is 1. The van der Waals surface area contributed by atoms with Crippen LogP contribution < -0.4 is 5.32 Å². The molecule has 2 aromatic heterocycles. The zero-order chi connectivity index (χ0) is 19.4. The molecule has 0 saturated carbocycles. The molecule has 27 heavy (non-hydrogen) atoms. The highest BCUT2D eigenvalue weighted by molar-refractivity contribution is 7.20. The van der Waals surface area contributed by atoms with Gasteiger partial charge in [0.05, 0.1) is 15.5 Å². The molecule has 8 nitrogen and oxygen atoms in total. The zero-order valence-electron chi connectivity index (χ0n) is 13.4. The van der Waals surface area contributed by atoms with Crippen LogP contribution in [-0.4, -0.2) is 28.4 Å². The molecule has 1 amide bonds. The van der Waals surface area contributed by atoms with E-state index in [0.717, 1.165) is 23.1 Å². The number of thiazole rings is 1. The first-order valence-electron chi connectivity index (χ1n) is 7.34. The number of rotatable bonds is 6. The van der Waals surface area contributed by atoms with Crippen LogP contribution in [0, 0.1) is 15.9 Å². The minimum atomic E-state index is -0.847. The fourth-order valence-corrected chi connectivity index (χ4v) is 3.60. The van der Waals surface area contributed by atoms with Crippen LogP contribution in [0.15, 0.2) is 41.1 Å². The normalized spacial score (nSPS) is 10.4. The first-order chi connectivity index (χ1) is 12.9. The average molecular weight is 407 g/mol. The third kappa shape index (κ3) is 4.51. The number of non-ortho nitro benzene ring substituents is 1. The van der Waals surface area contributed by atoms with Crippen molar-refractivity contribution in [3.8, 4) is 9.88 Å². The molecular weight excluding hydrogens is 397 g/mol. The number of halogens is 1. The van der Waals surface area contributed by atoms with Gasteiger partial charge in [-0.3, -0.25) is 14.9 Å². The fourth-order valence-electron chi connectivity index (χ4n) is 1.99. The van der Waals surface area contributed by atoms with E-state index in [9.17, 15) is 24.1 Å². The van der Waals surface area contributed by atoms with Gasteiger partial charge in [-0.1, -0.05) is 6.07 Å². The van der Waals surface area contributed by atoms with E-state index < -0.39 is 29.2 Å². The van der Waals surface area contributed by atoms with Crippen molar-refractivity contribution in [2.75, 3.05) is 11.9 Å². The highest BCUT2D eigenvalue weighted by Crippen LogP contribution is 2.28. The van der Waals surface area contributed by atoms with Crippen molar-refractivity contribution in [3.05, 3.63) is 62.7 Å². The number of hydrogen-bond acceptors (Lipinski definition) is 8. The number of amides is 1. The Bertz CT molecular complexity index is 1000. The Morgan fingerprint density at radius 3 is 2.81 bits per heavy atom. The molecule has 0 unspecified atom stereocenters. The van der Waals surface area contributed by atoms with E-state index in [1.165, 1.54) is 28.1 Å². The number of anilines is 1. The Morgan fingerprint density at radius 2 is 2.11 bits per heavy atom. The molecule has 0 saturated heterocycles. The molecule has 0 aliphatic rings. The van der Waals surface area contributed by atoms with Crippen LogP contribution in [0.1, 0.15) is 10.5 Å². The molecular formula is C16H10FN3O5S2. The smallest absolute Gasteiger partial charge is 0.358 e. The van der Waals surface area contributed by atoms with Crippen LogP contribution in [0.2, 0.25) is 0 Å². The van der Waals surface area contributed by atoms with Crippen LogP contribution in [0.25, 0.3) is 9.88 Å². The van der Waals surface area contributed by atoms with Gasteiger partial charge in [0.25, 0.3) is 11.6 Å². The molecule has 2 heterocycles. The minimum Gasteiger partial charge on any atom is -0.451 e. The van der Waals surface area contributed by atoms with Crippen LogP contribution in [-0.2, 0) is 9.53 Å². The quantitative estimate of drug-likeness (QED) is 0.379. The average Bonchev–Trinajstić information content (AvgIpc) is 3.32. The Morgan fingerprint density at radius 1 is 1.30 bits per heavy atom. The van der Waals surface area contributed by atoms with Gasteiger partial charge >= 0.3 is 5.97 Å². The van der Waals surface area contributed by atoms with E-state index in [1.807, 2.05) is 17.5 Å². The van der Waals surface area contributed by atoms with Gasteiger partial charge in [-0.25, -0.2) is 14.2 Å². The SMILES string of the molecule is O=C(COC(=O)c1csc(-c2cccs2)n1)Nc1cc([N+](=O)[O-])ccc1F. The number of carbonyl (C=O) groups excluding carboxylic acids is 2. The van der Waals surface area contributed by atoms with Gasteiger partial charge < -0.3 is 10.1 Å². The largest absolute Gasteiger partial charge is 0.451 e. The lowest BCUT2D eigenvalue weighted by Gasteiger charge is -2.06. The molecule has 3 rings (SSSR count). The second kappa shape index (κ2) is 8.01. The molecule has 3 aromatic rings. The maximum atomic E-state index is 13.6. The lowest BCUT2D eigenvalue weighted by Crippen LogP contribution is -2.21. The van der Waals surface area contributed by atoms with Gasteiger partial charge in [-0.2, -0.15) is 0 Å². The van der Waals surface area contributed by atoms with Crippen molar-refractivity contribution >= 4 is 45.9 Å². The Balaban J connectivity index is 1.58. The molecule has 0 aliphatic heterocycles. The third-order valence-electron chi connectivity index (χ3n) is 3.21. The molecule has 1 aromatic carbocycles. The summed E-state index contributed by atoms with van der Waals surface area (Å²) in [6.45, 7) is -0.688. The summed E-state index contributed by atoms with van der Waals surface area (Å²) in [5.41, 5.74) is -0.705. The van der Waals surface area contributed by atoms with Crippen molar-refractivity contribution < 1.29 is 23.6 Å². The van der Waals surface area contributed by atoms with Gasteiger partial charge in [0, 0.05) is 17.5 Å². The lowest BCUT2D eigenvalue weighted by atomic mass is 10.2. The molecule has 0 radical (unpaired) electrons. The fraction of sp³-hybridized carbons (Fsp3) is 0.0625. The van der Waals surface area contributed by atoms with Crippen molar-refractivity contribution in [2.24, 2.45) is 0 Å². The number of esters is 1. The van der Waals surface area contributed by atoms with Gasteiger partial charge in [0.2, 0.25) is 0 Å². The minimum absolute atomic E-state index is 0.0535. The number of carbonyl (C=O) groups is 2. The second-order valence-corrected chi connectivity index (χ2v) is 6.87. The highest BCUT2D eigenvalue weighted by Gasteiger charge is 2.17. The summed E-state index contributed by atoms with van der Waals surface area (Å²) in [5.74, 6) is -2.49. The van der Waals surface area contributed by atoms with Gasteiger partial charge in [-0.05, 0) is 17.5 Å². The molecule has 0 fully saturated rings. The molecule has 0 atom stereocenters. The predicted molar refractivity (Wildman–Crippen MR) is 97.4 cm³/mol. The number of aromatic nitrogens is 1. The van der Waals surface area contributed by atoms with Crippen molar-refractivity contribution in [3.63, 3.8) is 0 Å². The van der Waals surface area contributed by atoms with E-state index in [4.69, 9.17) is 4.74 Å². The van der Waals surface area contributed by atoms with E-state index in [-0.39, 0.29) is 17.1 Å². The summed E-state index contributed by atoms with van der Waals surface area (Å²) in [7, 11) is 0. The monoisotopic (exact) mass is 407 g/mol. The Hall–Kier alpha value is -3.18. The number of thiophene rings is 1. The summed E-state index contributed by atoms with van der Waals surface area (Å²) in [6, 6.07) is 6.43. The first-order valence-corrected chi connectivity index (χ1v) is 9.10. The maximum Gasteiger partial charge on any atom is 0.358 e. The van der Waals surface area contributed by atoms with Crippen LogP contribution >= 0.6 is 22.7 Å². The maximum absolute atomic E-state index is 13.6. The van der Waals surface area contributed by atoms with Crippen molar-refractivity contribution in [1.82, 2.24) is 4.98 Å². The highest BCUT2D eigenvalue weighted by atomic mass is 32.1. The zero-order valence-corrected chi connectivity index (χ0v) is 15.0. The number of nitrogens with zero attached hydrogens (tertiary/aromatic N) is 2. The number of nitrogens with one attached hydrogen (secondary N) is 1. The molecule has 1 N–H and O–H groups in total. The van der Waals surface area contributed by atoms with Crippen LogP contribution in [0.4, 0.5) is 15.8 Å².